The van der Waals surface area contributed by atoms with Crippen molar-refractivity contribution in [2.24, 2.45) is 5.92 Å². The molecule has 0 bridgehead atoms. The fourth-order valence-electron chi connectivity index (χ4n) is 1.26. The molecule has 0 aliphatic rings. The van der Waals surface area contributed by atoms with E-state index in [1.165, 1.54) is 6.92 Å². The van der Waals surface area contributed by atoms with Gasteiger partial charge in [-0.25, -0.2) is 0 Å². The van der Waals surface area contributed by atoms with Crippen molar-refractivity contribution in [3.63, 3.8) is 0 Å². The molecule has 0 aromatic heterocycles. The van der Waals surface area contributed by atoms with E-state index in [2.05, 4.69) is 26.6 Å². The lowest BCUT2D eigenvalue weighted by Gasteiger charge is -2.10. The topological polar surface area (TPSA) is 78.4 Å². The van der Waals surface area contributed by atoms with Gasteiger partial charge in [0.05, 0.1) is 0 Å². The molecule has 0 saturated carbocycles. The van der Waals surface area contributed by atoms with Crippen molar-refractivity contribution in [2.45, 2.75) is 6.92 Å². The van der Waals surface area contributed by atoms with E-state index in [1.807, 2.05) is 24.3 Å². The van der Waals surface area contributed by atoms with Crippen molar-refractivity contribution in [1.82, 2.24) is 5.32 Å². The molecular formula is C12H15BrN2O3. The minimum absolute atomic E-state index is 0.378. The molecule has 1 aromatic rings. The van der Waals surface area contributed by atoms with Crippen molar-refractivity contribution in [3.05, 3.63) is 28.7 Å². The van der Waals surface area contributed by atoms with Crippen LogP contribution in [0.3, 0.4) is 0 Å². The van der Waals surface area contributed by atoms with Crippen molar-refractivity contribution < 1.29 is 14.7 Å². The Kier molecular flexibility index (Phi) is 5.64. The number of carbonyl (C=O) groups is 2. The highest BCUT2D eigenvalue weighted by molar-refractivity contribution is 9.10. The van der Waals surface area contributed by atoms with E-state index >= 15 is 0 Å². The summed E-state index contributed by atoms with van der Waals surface area (Å²) in [6, 6.07) is 7.65. The maximum absolute atomic E-state index is 11.3. The number of rotatable bonds is 6. The highest BCUT2D eigenvalue weighted by Gasteiger charge is 2.19. The molecule has 0 saturated heterocycles. The molecule has 1 atom stereocenters. The van der Waals surface area contributed by atoms with Crippen molar-refractivity contribution >= 4 is 33.5 Å². The summed E-state index contributed by atoms with van der Waals surface area (Å²) >= 11 is 3.35. The molecule has 1 unspecified atom stereocenters. The first-order valence-electron chi connectivity index (χ1n) is 5.50. The first-order valence-corrected chi connectivity index (χ1v) is 6.30. The van der Waals surface area contributed by atoms with Gasteiger partial charge in [-0.3, -0.25) is 9.59 Å². The lowest BCUT2D eigenvalue weighted by molar-refractivity contribution is -0.146. The van der Waals surface area contributed by atoms with E-state index < -0.39 is 17.8 Å². The van der Waals surface area contributed by atoms with Crippen molar-refractivity contribution in [3.8, 4) is 0 Å². The van der Waals surface area contributed by atoms with Gasteiger partial charge in [-0.15, -0.1) is 0 Å². The number of hydrogen-bond donors (Lipinski definition) is 3. The molecule has 0 aliphatic carbocycles. The first kappa shape index (κ1) is 14.5. The maximum atomic E-state index is 11.3. The third kappa shape index (κ3) is 4.75. The second-order valence-corrected chi connectivity index (χ2v) is 4.70. The monoisotopic (exact) mass is 314 g/mol. The van der Waals surface area contributed by atoms with E-state index in [4.69, 9.17) is 5.11 Å². The largest absolute Gasteiger partial charge is 0.481 e. The Labute approximate surface area is 114 Å². The van der Waals surface area contributed by atoms with Gasteiger partial charge in [0.1, 0.15) is 5.92 Å². The number of carbonyl (C=O) groups excluding carboxylic acids is 1. The molecule has 3 N–H and O–H groups in total. The fourth-order valence-corrected chi connectivity index (χ4v) is 1.66. The predicted octanol–water partition coefficient (Wildman–Crippen LogP) is 1.70. The summed E-state index contributed by atoms with van der Waals surface area (Å²) in [5.74, 6) is -2.61. The van der Waals surface area contributed by atoms with E-state index in [9.17, 15) is 9.59 Å². The minimum Gasteiger partial charge on any atom is -0.481 e. The van der Waals surface area contributed by atoms with Crippen LogP contribution >= 0.6 is 15.9 Å². The molecule has 0 fully saturated rings. The summed E-state index contributed by atoms with van der Waals surface area (Å²) < 4.78 is 0.969. The van der Waals surface area contributed by atoms with Gasteiger partial charge in [-0.2, -0.15) is 0 Å². The van der Waals surface area contributed by atoms with Crippen LogP contribution in [0.1, 0.15) is 6.92 Å². The maximum Gasteiger partial charge on any atom is 0.315 e. The standard InChI is InChI=1S/C12H15BrN2O3/c1-8(12(17)18)11(16)15-6-5-14-10-4-2-3-9(13)7-10/h2-4,7-8,14H,5-6H2,1H3,(H,15,16)(H,17,18). The van der Waals surface area contributed by atoms with Gasteiger partial charge in [-0.05, 0) is 25.1 Å². The zero-order valence-electron chi connectivity index (χ0n) is 9.94. The molecule has 1 amide bonds. The van der Waals surface area contributed by atoms with Crippen LogP contribution in [0.5, 0.6) is 0 Å². The Hall–Kier alpha value is -1.56. The molecule has 1 aromatic carbocycles. The predicted molar refractivity (Wildman–Crippen MR) is 72.4 cm³/mol. The number of benzene rings is 1. The Morgan fingerprint density at radius 3 is 2.72 bits per heavy atom. The molecule has 0 heterocycles. The van der Waals surface area contributed by atoms with Crippen molar-refractivity contribution in [1.29, 1.82) is 0 Å². The molecule has 1 rings (SSSR count). The number of anilines is 1. The zero-order valence-corrected chi connectivity index (χ0v) is 11.5. The molecule has 0 radical (unpaired) electrons. The Morgan fingerprint density at radius 1 is 1.39 bits per heavy atom. The average Bonchev–Trinajstić information content (AvgIpc) is 2.33. The van der Waals surface area contributed by atoms with Gasteiger partial charge in [0.15, 0.2) is 0 Å². The molecule has 18 heavy (non-hydrogen) atoms. The summed E-state index contributed by atoms with van der Waals surface area (Å²) in [7, 11) is 0. The van der Waals surface area contributed by atoms with Gasteiger partial charge in [0.25, 0.3) is 0 Å². The van der Waals surface area contributed by atoms with E-state index in [0.717, 1.165) is 10.2 Å². The quantitative estimate of drug-likeness (QED) is 0.551. The van der Waals surface area contributed by atoms with Gasteiger partial charge in [0, 0.05) is 23.2 Å². The van der Waals surface area contributed by atoms with E-state index in [1.54, 1.807) is 0 Å². The number of carboxylic acids is 1. The minimum atomic E-state index is -1.12. The third-order valence-electron chi connectivity index (χ3n) is 2.34. The van der Waals surface area contributed by atoms with Crippen LogP contribution in [-0.2, 0) is 9.59 Å². The SMILES string of the molecule is CC(C(=O)O)C(=O)NCCNc1cccc(Br)c1. The molecular weight excluding hydrogens is 300 g/mol. The molecule has 6 heteroatoms. The number of halogens is 1. The van der Waals surface area contributed by atoms with Crippen molar-refractivity contribution in [2.75, 3.05) is 18.4 Å². The van der Waals surface area contributed by atoms with Crippen LogP contribution in [-0.4, -0.2) is 30.1 Å². The molecule has 5 nitrogen and oxygen atoms in total. The molecule has 0 spiro atoms. The second-order valence-electron chi connectivity index (χ2n) is 3.79. The summed E-state index contributed by atoms with van der Waals surface area (Å²) in [6.07, 6.45) is 0. The highest BCUT2D eigenvalue weighted by atomic mass is 79.9. The number of aliphatic carboxylic acids is 1. The van der Waals surface area contributed by atoms with Gasteiger partial charge in [-0.1, -0.05) is 22.0 Å². The van der Waals surface area contributed by atoms with Gasteiger partial charge in [0.2, 0.25) is 5.91 Å². The summed E-state index contributed by atoms with van der Waals surface area (Å²) in [4.78, 5) is 21.9. The average molecular weight is 315 g/mol. The number of carboxylic acid groups (broad SMARTS) is 1. The number of amides is 1. The van der Waals surface area contributed by atoms with E-state index in [0.29, 0.717) is 13.1 Å². The van der Waals surface area contributed by atoms with Crippen LogP contribution in [0, 0.1) is 5.92 Å². The van der Waals surface area contributed by atoms with E-state index in [-0.39, 0.29) is 0 Å². The summed E-state index contributed by atoms with van der Waals surface area (Å²) in [5.41, 5.74) is 0.935. The Balaban J connectivity index is 2.27. The van der Waals surface area contributed by atoms with Crippen LogP contribution in [0.4, 0.5) is 5.69 Å². The molecule has 98 valence electrons. The van der Waals surface area contributed by atoms with Crippen LogP contribution in [0.2, 0.25) is 0 Å². The van der Waals surface area contributed by atoms with Crippen LogP contribution < -0.4 is 10.6 Å². The number of nitrogens with one attached hydrogen (secondary N) is 2. The molecule has 0 aliphatic heterocycles. The lowest BCUT2D eigenvalue weighted by atomic mass is 10.2. The lowest BCUT2D eigenvalue weighted by Crippen LogP contribution is -2.36. The fraction of sp³-hybridized carbons (Fsp3) is 0.333. The van der Waals surface area contributed by atoms with Gasteiger partial charge >= 0.3 is 5.97 Å². The Morgan fingerprint density at radius 2 is 2.11 bits per heavy atom. The third-order valence-corrected chi connectivity index (χ3v) is 2.83. The van der Waals surface area contributed by atoms with Crippen LogP contribution in [0.15, 0.2) is 28.7 Å². The summed E-state index contributed by atoms with van der Waals surface area (Å²) in [5, 5.41) is 14.3. The summed E-state index contributed by atoms with van der Waals surface area (Å²) in [6.45, 7) is 2.27. The second kappa shape index (κ2) is 7.00. The van der Waals surface area contributed by atoms with Crippen LogP contribution in [0.25, 0.3) is 0 Å². The smallest absolute Gasteiger partial charge is 0.315 e. The highest BCUT2D eigenvalue weighted by Crippen LogP contribution is 2.14. The number of hydrogen-bond acceptors (Lipinski definition) is 3. The Bertz CT molecular complexity index is 437. The first-order chi connectivity index (χ1) is 8.50. The zero-order chi connectivity index (χ0) is 13.5. The van der Waals surface area contributed by atoms with Gasteiger partial charge < -0.3 is 15.7 Å². The normalized spacial score (nSPS) is 11.7.